The van der Waals surface area contributed by atoms with Crippen molar-refractivity contribution in [1.82, 2.24) is 14.9 Å². The molecule has 26 heavy (non-hydrogen) atoms. The monoisotopic (exact) mass is 380 g/mol. The number of carbonyl (C=O) groups is 1. The third kappa shape index (κ3) is 3.85. The van der Waals surface area contributed by atoms with Crippen LogP contribution in [0.1, 0.15) is 27.2 Å². The van der Waals surface area contributed by atoms with Crippen molar-refractivity contribution in [2.24, 2.45) is 0 Å². The number of nitro benzene ring substituents is 1. The molecule has 2 unspecified atom stereocenters. The molecule has 3 rings (SSSR count). The van der Waals surface area contributed by atoms with Crippen LogP contribution in [0.4, 0.5) is 10.5 Å². The van der Waals surface area contributed by atoms with Crippen LogP contribution in [0.15, 0.2) is 23.4 Å². The Hall–Kier alpha value is -2.49. The third-order valence-corrected chi connectivity index (χ3v) is 5.51. The molecule has 2 aromatic rings. The first-order valence-electron chi connectivity index (χ1n) is 8.17. The molecule has 1 amide bonds. The van der Waals surface area contributed by atoms with E-state index in [2.05, 4.69) is 9.97 Å². The van der Waals surface area contributed by atoms with Crippen LogP contribution in [0.3, 0.4) is 0 Å². The van der Waals surface area contributed by atoms with Crippen LogP contribution in [-0.2, 0) is 15.5 Å². The number of amides is 1. The van der Waals surface area contributed by atoms with Crippen molar-refractivity contribution in [1.29, 1.82) is 0 Å². The number of rotatable bonds is 3. The van der Waals surface area contributed by atoms with E-state index in [1.54, 1.807) is 25.7 Å². The number of nitrogens with one attached hydrogen (secondary N) is 1. The fourth-order valence-corrected chi connectivity index (χ4v) is 4.09. The van der Waals surface area contributed by atoms with Crippen molar-refractivity contribution in [3.05, 3.63) is 28.3 Å². The van der Waals surface area contributed by atoms with Gasteiger partial charge >= 0.3 is 6.09 Å². The molecule has 1 aliphatic rings. The van der Waals surface area contributed by atoms with E-state index in [1.807, 2.05) is 0 Å². The van der Waals surface area contributed by atoms with Gasteiger partial charge in [0.2, 0.25) is 0 Å². The van der Waals surface area contributed by atoms with Crippen molar-refractivity contribution in [3.8, 4) is 0 Å². The molecule has 0 saturated carbocycles. The van der Waals surface area contributed by atoms with Crippen LogP contribution in [-0.4, -0.2) is 54.0 Å². The highest BCUT2D eigenvalue weighted by Gasteiger charge is 2.34. The molecule has 0 spiro atoms. The number of H-pyrrole nitrogens is 1. The second-order valence-electron chi connectivity index (χ2n) is 7.13. The molecule has 2 atom stereocenters. The highest BCUT2D eigenvalue weighted by Crippen LogP contribution is 2.24. The molecule has 2 heterocycles. The number of imidazole rings is 1. The topological polar surface area (TPSA) is 118 Å². The molecule has 1 fully saturated rings. The summed E-state index contributed by atoms with van der Waals surface area (Å²) in [5.74, 6) is 0. The molecule has 1 N–H and O–H groups in total. The Bertz CT molecular complexity index is 888. The van der Waals surface area contributed by atoms with Gasteiger partial charge < -0.3 is 14.6 Å². The van der Waals surface area contributed by atoms with Crippen LogP contribution in [0.25, 0.3) is 11.0 Å². The van der Waals surface area contributed by atoms with Crippen LogP contribution in [0, 0.1) is 10.1 Å². The largest absolute Gasteiger partial charge is 0.444 e. The van der Waals surface area contributed by atoms with Gasteiger partial charge in [-0.15, -0.1) is 0 Å². The van der Waals surface area contributed by atoms with Gasteiger partial charge in [-0.3, -0.25) is 14.3 Å². The van der Waals surface area contributed by atoms with Gasteiger partial charge in [-0.1, -0.05) is 0 Å². The smallest absolute Gasteiger partial charge is 0.410 e. The second kappa shape index (κ2) is 6.67. The van der Waals surface area contributed by atoms with E-state index in [4.69, 9.17) is 4.74 Å². The van der Waals surface area contributed by atoms with Gasteiger partial charge in [0.05, 0.1) is 32.0 Å². The highest BCUT2D eigenvalue weighted by molar-refractivity contribution is 7.85. The third-order valence-electron chi connectivity index (χ3n) is 3.94. The first-order chi connectivity index (χ1) is 12.1. The van der Waals surface area contributed by atoms with Crippen molar-refractivity contribution in [2.75, 3.05) is 13.1 Å². The number of likely N-dealkylation sites (tertiary alicyclic amines) is 1. The second-order valence-corrected chi connectivity index (χ2v) is 8.78. The van der Waals surface area contributed by atoms with E-state index >= 15 is 0 Å². The molecule has 10 heteroatoms. The molecule has 9 nitrogen and oxygen atoms in total. The number of ether oxygens (including phenoxy) is 1. The molecule has 0 aliphatic carbocycles. The minimum atomic E-state index is -1.46. The van der Waals surface area contributed by atoms with Gasteiger partial charge in [-0.05, 0) is 33.3 Å². The van der Waals surface area contributed by atoms with Crippen LogP contribution in [0.5, 0.6) is 0 Å². The van der Waals surface area contributed by atoms with Gasteiger partial charge in [0.25, 0.3) is 5.69 Å². The molecular formula is C16H20N4O5S. The Morgan fingerprint density at radius 1 is 1.46 bits per heavy atom. The summed E-state index contributed by atoms with van der Waals surface area (Å²) >= 11 is 0. The summed E-state index contributed by atoms with van der Waals surface area (Å²) in [7, 11) is -1.46. The molecule has 140 valence electrons. The lowest BCUT2D eigenvalue weighted by Crippen LogP contribution is -2.36. The lowest BCUT2D eigenvalue weighted by atomic mass is 10.2. The Balaban J connectivity index is 1.73. The van der Waals surface area contributed by atoms with Gasteiger partial charge in [-0.25, -0.2) is 9.78 Å². The minimum absolute atomic E-state index is 0.0598. The first-order valence-corrected chi connectivity index (χ1v) is 9.38. The van der Waals surface area contributed by atoms with Crippen LogP contribution < -0.4 is 0 Å². The van der Waals surface area contributed by atoms with Crippen molar-refractivity contribution >= 4 is 33.6 Å². The SMILES string of the molecule is CC(C)(C)OC(=O)N1CCC(S(=O)c2nc3ccc([N+](=O)[O-])cc3[nH]2)C1. The van der Waals surface area contributed by atoms with E-state index in [0.717, 1.165) is 0 Å². The maximum absolute atomic E-state index is 12.8. The van der Waals surface area contributed by atoms with Gasteiger partial charge in [0, 0.05) is 25.2 Å². The van der Waals surface area contributed by atoms with E-state index in [-0.39, 0.29) is 16.1 Å². The van der Waals surface area contributed by atoms with E-state index < -0.39 is 27.4 Å². The van der Waals surface area contributed by atoms with Crippen molar-refractivity contribution in [2.45, 2.75) is 43.2 Å². The molecule has 0 radical (unpaired) electrons. The number of aromatic amines is 1. The Morgan fingerprint density at radius 3 is 2.85 bits per heavy atom. The summed E-state index contributed by atoms with van der Waals surface area (Å²) in [6.07, 6.45) is 0.153. The molecule has 1 aromatic heterocycles. The standard InChI is InChI=1S/C16H20N4O5S/c1-16(2,3)25-15(21)19-7-6-11(9-19)26(24)14-17-12-5-4-10(20(22)23)8-13(12)18-14/h4-5,8,11H,6-7,9H2,1-3H3,(H,17,18). The lowest BCUT2D eigenvalue weighted by molar-refractivity contribution is -0.384. The zero-order valence-electron chi connectivity index (χ0n) is 14.7. The highest BCUT2D eigenvalue weighted by atomic mass is 32.2. The molecule has 1 saturated heterocycles. The first kappa shape index (κ1) is 18.3. The summed E-state index contributed by atoms with van der Waals surface area (Å²) in [4.78, 5) is 31.2. The van der Waals surface area contributed by atoms with E-state index in [0.29, 0.717) is 30.5 Å². The average Bonchev–Trinajstić information content (AvgIpc) is 3.18. The minimum Gasteiger partial charge on any atom is -0.444 e. The fraction of sp³-hybridized carbons (Fsp3) is 0.500. The molecule has 1 aromatic carbocycles. The number of nitrogens with zero attached hydrogens (tertiary/aromatic N) is 3. The van der Waals surface area contributed by atoms with Gasteiger partial charge in [0.15, 0.2) is 5.16 Å². The Labute approximate surface area is 152 Å². The van der Waals surface area contributed by atoms with E-state index in [9.17, 15) is 19.1 Å². The predicted octanol–water partition coefficient (Wildman–Crippen LogP) is 2.59. The number of benzene rings is 1. The average molecular weight is 380 g/mol. The van der Waals surface area contributed by atoms with Gasteiger partial charge in [0.1, 0.15) is 5.60 Å². The number of hydrogen-bond donors (Lipinski definition) is 1. The maximum Gasteiger partial charge on any atom is 0.410 e. The van der Waals surface area contributed by atoms with Crippen molar-refractivity contribution < 1.29 is 18.7 Å². The molecule has 1 aliphatic heterocycles. The Kier molecular flexibility index (Phi) is 4.70. The fourth-order valence-electron chi connectivity index (χ4n) is 2.74. The van der Waals surface area contributed by atoms with E-state index in [1.165, 1.54) is 18.2 Å². The molecular weight excluding hydrogens is 360 g/mol. The van der Waals surface area contributed by atoms with Gasteiger partial charge in [-0.2, -0.15) is 0 Å². The lowest BCUT2D eigenvalue weighted by Gasteiger charge is -2.24. The molecule has 0 bridgehead atoms. The summed E-state index contributed by atoms with van der Waals surface area (Å²) in [6.45, 7) is 6.17. The number of carbonyl (C=O) groups excluding carboxylic acids is 1. The number of nitro groups is 1. The number of non-ortho nitro benzene ring substituents is 1. The van der Waals surface area contributed by atoms with Crippen LogP contribution in [0.2, 0.25) is 0 Å². The number of fused-ring (bicyclic) bond motifs is 1. The maximum atomic E-state index is 12.8. The predicted molar refractivity (Wildman–Crippen MR) is 95.4 cm³/mol. The summed E-state index contributed by atoms with van der Waals surface area (Å²) in [5, 5.41) is 10.9. The zero-order chi connectivity index (χ0) is 19.1. The normalized spacial score (nSPS) is 18.9. The van der Waals surface area contributed by atoms with Crippen molar-refractivity contribution in [3.63, 3.8) is 0 Å². The number of hydrogen-bond acceptors (Lipinski definition) is 6. The quantitative estimate of drug-likeness (QED) is 0.646. The Morgan fingerprint density at radius 2 is 2.19 bits per heavy atom. The summed E-state index contributed by atoms with van der Waals surface area (Å²) in [6, 6.07) is 4.24. The van der Waals surface area contributed by atoms with Crippen LogP contribution >= 0.6 is 0 Å². The zero-order valence-corrected chi connectivity index (χ0v) is 15.5. The summed E-state index contributed by atoms with van der Waals surface area (Å²) < 4.78 is 18.1. The summed E-state index contributed by atoms with van der Waals surface area (Å²) in [5.41, 5.74) is 0.336. The number of aromatic nitrogens is 2.